The summed E-state index contributed by atoms with van der Waals surface area (Å²) in [6.07, 6.45) is 2.08. The summed E-state index contributed by atoms with van der Waals surface area (Å²) in [6, 6.07) is 8.04. The predicted molar refractivity (Wildman–Crippen MR) is 95.3 cm³/mol. The van der Waals surface area contributed by atoms with Crippen molar-refractivity contribution in [2.45, 2.75) is 20.4 Å². The normalized spacial score (nSPS) is 10.4. The van der Waals surface area contributed by atoms with E-state index in [9.17, 15) is 0 Å². The third kappa shape index (κ3) is 4.42. The molecule has 1 aromatic carbocycles. The van der Waals surface area contributed by atoms with E-state index < -0.39 is 0 Å². The van der Waals surface area contributed by atoms with E-state index in [-0.39, 0.29) is 5.11 Å². The van der Waals surface area contributed by atoms with Gasteiger partial charge in [0.05, 0.1) is 11.2 Å². The molecule has 0 saturated carbocycles. The van der Waals surface area contributed by atoms with Crippen molar-refractivity contribution in [3.8, 4) is 0 Å². The first-order chi connectivity index (χ1) is 9.99. The van der Waals surface area contributed by atoms with Crippen molar-refractivity contribution in [3.05, 3.63) is 30.5 Å². The van der Waals surface area contributed by atoms with Crippen molar-refractivity contribution in [1.82, 2.24) is 9.47 Å². The lowest BCUT2D eigenvalue weighted by Gasteiger charge is -2.17. The van der Waals surface area contributed by atoms with E-state index in [1.807, 2.05) is 32.0 Å². The second-order valence-electron chi connectivity index (χ2n) is 4.76. The Balaban J connectivity index is 0.00000106. The number of likely N-dealkylation sites (N-methyl/N-ethyl adjacent to an activating group) is 1. The maximum absolute atomic E-state index is 5.82. The molecule has 5 nitrogen and oxygen atoms in total. The maximum Gasteiger partial charge on any atom is 0.185 e. The average Bonchev–Trinajstić information content (AvgIpc) is 2.88. The van der Waals surface area contributed by atoms with Crippen LogP contribution in [0, 0.1) is 0 Å². The minimum atomic E-state index is 0.158. The number of nitrogens with two attached hydrogens (primary N) is 2. The SMILES string of the molecule is CC.CN(C)CCn1ccc2ccc(N(N)C(N)=S)cc21. The Morgan fingerprint density at radius 1 is 1.24 bits per heavy atom. The zero-order chi connectivity index (χ0) is 16.0. The summed E-state index contributed by atoms with van der Waals surface area (Å²) in [4.78, 5) is 2.15. The van der Waals surface area contributed by atoms with Crippen LogP contribution in [0.4, 0.5) is 5.69 Å². The van der Waals surface area contributed by atoms with Crippen LogP contribution in [0.5, 0.6) is 0 Å². The van der Waals surface area contributed by atoms with Crippen LogP contribution >= 0.6 is 12.2 Å². The van der Waals surface area contributed by atoms with Gasteiger partial charge in [0, 0.05) is 19.3 Å². The van der Waals surface area contributed by atoms with Gasteiger partial charge >= 0.3 is 0 Å². The molecule has 2 aromatic rings. The molecule has 0 spiro atoms. The number of hydrazine groups is 1. The van der Waals surface area contributed by atoms with Crippen LogP contribution in [0.3, 0.4) is 0 Å². The van der Waals surface area contributed by atoms with Crippen molar-refractivity contribution >= 4 is 33.9 Å². The standard InChI is InChI=1S/C13H19N5S.C2H6/c1-16(2)7-8-17-6-5-10-3-4-11(9-12(10)17)18(15)13(14)19;1-2/h3-6,9H,7-8,15H2,1-2H3,(H2,14,19);1-2H3. The minimum Gasteiger partial charge on any atom is -0.375 e. The summed E-state index contributed by atoms with van der Waals surface area (Å²) in [7, 11) is 4.12. The Kier molecular flexibility index (Phi) is 6.61. The zero-order valence-corrected chi connectivity index (χ0v) is 14.0. The molecular formula is C15H25N5S. The molecular weight excluding hydrogens is 282 g/mol. The topological polar surface area (TPSA) is 63.5 Å². The smallest absolute Gasteiger partial charge is 0.185 e. The van der Waals surface area contributed by atoms with Gasteiger partial charge in [0.15, 0.2) is 5.11 Å². The molecule has 0 atom stereocenters. The number of rotatable bonds is 4. The van der Waals surface area contributed by atoms with Gasteiger partial charge in [-0.3, -0.25) is 5.01 Å². The fraction of sp³-hybridized carbons (Fsp3) is 0.400. The fourth-order valence-electron chi connectivity index (χ4n) is 1.95. The number of hydrogen-bond acceptors (Lipinski definition) is 3. The molecule has 21 heavy (non-hydrogen) atoms. The van der Waals surface area contributed by atoms with E-state index in [2.05, 4.69) is 35.8 Å². The largest absolute Gasteiger partial charge is 0.375 e. The monoisotopic (exact) mass is 307 g/mol. The number of thiocarbonyl (C=S) groups is 1. The summed E-state index contributed by atoms with van der Waals surface area (Å²) in [6.45, 7) is 5.91. The molecule has 0 radical (unpaired) electrons. The predicted octanol–water partition coefficient (Wildman–Crippen LogP) is 2.15. The fourth-order valence-corrected chi connectivity index (χ4v) is 2.06. The molecule has 0 aliphatic heterocycles. The number of hydrogen-bond donors (Lipinski definition) is 2. The van der Waals surface area contributed by atoms with Crippen LogP contribution in [0.1, 0.15) is 13.8 Å². The quantitative estimate of drug-likeness (QED) is 0.515. The van der Waals surface area contributed by atoms with E-state index >= 15 is 0 Å². The summed E-state index contributed by atoms with van der Waals surface area (Å²) in [5.74, 6) is 5.82. The molecule has 0 unspecified atom stereocenters. The Labute approximate surface area is 132 Å². The molecule has 0 aliphatic rings. The molecule has 0 bridgehead atoms. The van der Waals surface area contributed by atoms with Gasteiger partial charge in [-0.25, -0.2) is 5.84 Å². The van der Waals surface area contributed by atoms with Crippen molar-refractivity contribution in [3.63, 3.8) is 0 Å². The van der Waals surface area contributed by atoms with E-state index in [4.69, 9.17) is 23.8 Å². The molecule has 2 rings (SSSR count). The minimum absolute atomic E-state index is 0.158. The molecule has 1 aromatic heterocycles. The third-order valence-corrected chi connectivity index (χ3v) is 3.26. The van der Waals surface area contributed by atoms with E-state index in [1.54, 1.807) is 0 Å². The highest BCUT2D eigenvalue weighted by atomic mass is 32.1. The molecule has 0 aliphatic carbocycles. The second-order valence-corrected chi connectivity index (χ2v) is 5.18. The van der Waals surface area contributed by atoms with Gasteiger partial charge in [0.1, 0.15) is 0 Å². The zero-order valence-electron chi connectivity index (χ0n) is 13.2. The lowest BCUT2D eigenvalue weighted by molar-refractivity contribution is 0.387. The van der Waals surface area contributed by atoms with Crippen LogP contribution in [0.25, 0.3) is 10.9 Å². The highest BCUT2D eigenvalue weighted by molar-refractivity contribution is 7.80. The van der Waals surface area contributed by atoms with Crippen LogP contribution in [0.2, 0.25) is 0 Å². The first kappa shape index (κ1) is 17.4. The van der Waals surface area contributed by atoms with Gasteiger partial charge in [-0.2, -0.15) is 0 Å². The van der Waals surface area contributed by atoms with E-state index in [0.717, 1.165) is 24.3 Å². The first-order valence-electron chi connectivity index (χ1n) is 7.07. The third-order valence-electron chi connectivity index (χ3n) is 3.06. The van der Waals surface area contributed by atoms with Gasteiger partial charge < -0.3 is 15.2 Å². The molecule has 4 N–H and O–H groups in total. The Bertz CT molecular complexity index is 591. The summed E-state index contributed by atoms with van der Waals surface area (Å²) < 4.78 is 2.20. The van der Waals surface area contributed by atoms with Crippen LogP contribution in [-0.4, -0.2) is 35.2 Å². The Hall–Kier alpha value is -1.63. The van der Waals surface area contributed by atoms with Crippen LogP contribution < -0.4 is 16.6 Å². The Morgan fingerprint density at radius 3 is 2.48 bits per heavy atom. The van der Waals surface area contributed by atoms with Crippen LogP contribution in [-0.2, 0) is 6.54 Å². The van der Waals surface area contributed by atoms with Crippen molar-refractivity contribution in [2.24, 2.45) is 11.6 Å². The van der Waals surface area contributed by atoms with E-state index in [1.165, 1.54) is 10.4 Å². The molecule has 0 saturated heterocycles. The Morgan fingerprint density at radius 2 is 1.90 bits per heavy atom. The van der Waals surface area contributed by atoms with E-state index in [0.29, 0.717) is 0 Å². The van der Waals surface area contributed by atoms with Crippen molar-refractivity contribution < 1.29 is 0 Å². The van der Waals surface area contributed by atoms with Gasteiger partial charge in [-0.05, 0) is 49.9 Å². The number of benzene rings is 1. The summed E-state index contributed by atoms with van der Waals surface area (Å²) in [5, 5.41) is 2.66. The summed E-state index contributed by atoms with van der Waals surface area (Å²) in [5.41, 5.74) is 7.47. The van der Waals surface area contributed by atoms with Gasteiger partial charge in [0.25, 0.3) is 0 Å². The highest BCUT2D eigenvalue weighted by Gasteiger charge is 2.07. The van der Waals surface area contributed by atoms with Gasteiger partial charge in [-0.1, -0.05) is 19.9 Å². The van der Waals surface area contributed by atoms with Gasteiger partial charge in [0.2, 0.25) is 0 Å². The lowest BCUT2D eigenvalue weighted by Crippen LogP contribution is -2.41. The first-order valence-corrected chi connectivity index (χ1v) is 7.48. The van der Waals surface area contributed by atoms with Crippen molar-refractivity contribution in [2.75, 3.05) is 25.6 Å². The average molecular weight is 307 g/mol. The molecule has 6 heteroatoms. The number of fused-ring (bicyclic) bond motifs is 1. The maximum atomic E-state index is 5.82. The molecule has 1 heterocycles. The number of aromatic nitrogens is 1. The highest BCUT2D eigenvalue weighted by Crippen LogP contribution is 2.22. The number of anilines is 1. The summed E-state index contributed by atoms with van der Waals surface area (Å²) >= 11 is 4.89. The van der Waals surface area contributed by atoms with Crippen LogP contribution in [0.15, 0.2) is 30.5 Å². The molecule has 0 fully saturated rings. The molecule has 116 valence electrons. The van der Waals surface area contributed by atoms with Crippen molar-refractivity contribution in [1.29, 1.82) is 0 Å². The molecule has 0 amide bonds. The van der Waals surface area contributed by atoms with Gasteiger partial charge in [-0.15, -0.1) is 0 Å². The second kappa shape index (κ2) is 7.97. The lowest BCUT2D eigenvalue weighted by atomic mass is 10.2. The number of nitrogens with zero attached hydrogens (tertiary/aromatic N) is 3.